The van der Waals surface area contributed by atoms with Crippen molar-refractivity contribution >= 4 is 86.1 Å². The average Bonchev–Trinajstić information content (AvgIpc) is 4.09. The van der Waals surface area contributed by atoms with Gasteiger partial charge in [-0.05, 0) is 33.4 Å². The second kappa shape index (κ2) is 21.5. The van der Waals surface area contributed by atoms with Crippen LogP contribution in [0.3, 0.4) is 0 Å². The molecule has 7 aromatic rings. The van der Waals surface area contributed by atoms with Gasteiger partial charge in [0, 0.05) is 24.5 Å². The van der Waals surface area contributed by atoms with Crippen molar-refractivity contribution in [1.82, 2.24) is 30.7 Å². The second-order valence-corrected chi connectivity index (χ2v) is 19.6. The Kier molecular flexibility index (Phi) is 14.6. The van der Waals surface area contributed by atoms with Crippen LogP contribution in [0.5, 0.6) is 0 Å². The van der Waals surface area contributed by atoms with Gasteiger partial charge < -0.3 is 25.5 Å². The normalized spacial score (nSPS) is 15.7. The van der Waals surface area contributed by atoms with Gasteiger partial charge >= 0.3 is 5.97 Å². The van der Waals surface area contributed by atoms with E-state index in [4.69, 9.17) is 26.8 Å². The fourth-order valence-electron chi connectivity index (χ4n) is 8.35. The van der Waals surface area contributed by atoms with Crippen LogP contribution in [0.4, 0.5) is 5.13 Å². The van der Waals surface area contributed by atoms with E-state index in [1.165, 1.54) is 53.4 Å². The molecule has 0 saturated carbocycles. The zero-order chi connectivity index (χ0) is 48.6. The Morgan fingerprint density at radius 3 is 1.93 bits per heavy atom. The summed E-state index contributed by atoms with van der Waals surface area (Å²) in [4.78, 5) is 66.9. The monoisotopic (exact) mass is 1000 g/mol. The Hall–Kier alpha value is -7.38. The van der Waals surface area contributed by atoms with Crippen LogP contribution in [-0.4, -0.2) is 78.6 Å². The molecule has 0 spiro atoms. The third-order valence-corrected chi connectivity index (χ3v) is 15.1. The molecule has 352 valence electrons. The number of anilines is 1. The number of ether oxygens (including phenoxy) is 1. The summed E-state index contributed by atoms with van der Waals surface area (Å²) in [7, 11) is 1.33. The number of hydrogen-bond acceptors (Lipinski definition) is 15. The van der Waals surface area contributed by atoms with Gasteiger partial charge in [0.15, 0.2) is 22.0 Å². The number of thiazole rings is 1. The van der Waals surface area contributed by atoms with Crippen LogP contribution in [0, 0.1) is 0 Å². The molecule has 3 amide bonds. The predicted octanol–water partition coefficient (Wildman–Crippen LogP) is 8.18. The van der Waals surface area contributed by atoms with Gasteiger partial charge in [-0.15, -0.1) is 33.3 Å². The molecule has 5 aromatic carbocycles. The highest BCUT2D eigenvalue weighted by atomic mass is 32.2. The first-order valence-corrected chi connectivity index (χ1v) is 25.2. The van der Waals surface area contributed by atoms with Crippen molar-refractivity contribution in [3.05, 3.63) is 212 Å². The highest BCUT2D eigenvalue weighted by molar-refractivity contribution is 8.00. The number of β-lactam (4-membered cyclic amide) rings is 1. The predicted molar refractivity (Wildman–Crippen MR) is 275 cm³/mol. The SMILES string of the molecule is CON=C(C(=O)NC1C(=O)N2C(C(=O)OC(c3ccccc3)c3ccccc3)=C(CC(=S)c3nnc(CNC(C)=O)s3)CSC12)c1csc(NC(c2ccccc2)(c2ccccc2)c2ccccc2)n1. The lowest BCUT2D eigenvalue weighted by atomic mass is 9.77. The highest BCUT2D eigenvalue weighted by Crippen LogP contribution is 2.44. The van der Waals surface area contributed by atoms with Gasteiger partial charge in [-0.25, -0.2) is 9.78 Å². The maximum atomic E-state index is 14.7. The summed E-state index contributed by atoms with van der Waals surface area (Å²) in [5.74, 6) is -1.89. The average molecular weight is 1010 g/mol. The standard InChI is InChI=1S/C52H44N8O6S4/c1-32(61)53-29-41-57-58-47(70-41)40(67)28-35-30-68-49-43(48(63)60(49)44(35)50(64)66-45(33-18-8-3-9-19-33)34-20-10-4-11-21-34)55-46(62)42(59-65-2)39-31-69-51(54-39)56-52(36-22-12-5-13-23-36,37-24-14-6-15-25-37)38-26-16-7-17-27-38/h3-27,31,43,45,49H,28-30H2,1-2H3,(H,53,61)(H,54,56)(H,55,62). The minimum absolute atomic E-state index is 0.0428. The van der Waals surface area contributed by atoms with Crippen LogP contribution in [0.2, 0.25) is 0 Å². The molecule has 4 heterocycles. The van der Waals surface area contributed by atoms with E-state index >= 15 is 0 Å². The van der Waals surface area contributed by atoms with Crippen LogP contribution in [0.25, 0.3) is 0 Å². The summed E-state index contributed by atoms with van der Waals surface area (Å²) in [6.45, 7) is 1.61. The number of nitrogens with zero attached hydrogens (tertiary/aromatic N) is 5. The number of nitrogens with one attached hydrogen (secondary N) is 3. The van der Waals surface area contributed by atoms with E-state index < -0.39 is 40.8 Å². The summed E-state index contributed by atoms with van der Waals surface area (Å²) in [5, 5.41) is 24.4. The summed E-state index contributed by atoms with van der Waals surface area (Å²) in [6, 6.07) is 47.8. The van der Waals surface area contributed by atoms with E-state index in [2.05, 4.69) is 67.7 Å². The number of amides is 3. The van der Waals surface area contributed by atoms with Crippen molar-refractivity contribution in [2.75, 3.05) is 18.2 Å². The van der Waals surface area contributed by atoms with Gasteiger partial charge in [-0.1, -0.05) is 180 Å². The number of fused-ring (bicyclic) bond motifs is 1. The quantitative estimate of drug-likeness (QED) is 0.0143. The van der Waals surface area contributed by atoms with Crippen molar-refractivity contribution < 1.29 is 28.8 Å². The molecule has 2 atom stereocenters. The Balaban J connectivity index is 0.989. The fourth-order valence-corrected chi connectivity index (χ4v) is 11.5. The van der Waals surface area contributed by atoms with Crippen molar-refractivity contribution in [2.45, 2.75) is 42.9 Å². The fraction of sp³-hybridized carbons (Fsp3) is 0.173. The van der Waals surface area contributed by atoms with Crippen molar-refractivity contribution in [3.8, 4) is 0 Å². The number of aromatic nitrogens is 3. The number of rotatable bonds is 18. The van der Waals surface area contributed by atoms with Crippen molar-refractivity contribution in [2.24, 2.45) is 5.16 Å². The van der Waals surface area contributed by atoms with Crippen LogP contribution < -0.4 is 16.0 Å². The first kappa shape index (κ1) is 47.7. The van der Waals surface area contributed by atoms with Crippen LogP contribution >= 0.6 is 46.7 Å². The Morgan fingerprint density at radius 2 is 1.39 bits per heavy atom. The molecule has 1 saturated heterocycles. The lowest BCUT2D eigenvalue weighted by molar-refractivity contribution is -0.154. The molecule has 0 bridgehead atoms. The Bertz CT molecular complexity index is 2950. The third-order valence-electron chi connectivity index (χ3n) is 11.6. The first-order chi connectivity index (χ1) is 34.1. The number of carbonyl (C=O) groups excluding carboxylic acids is 4. The number of oxime groups is 1. The largest absolute Gasteiger partial charge is 0.448 e. The molecular weight excluding hydrogens is 961 g/mol. The lowest BCUT2D eigenvalue weighted by Gasteiger charge is -2.49. The van der Waals surface area contributed by atoms with Gasteiger partial charge in [0.1, 0.15) is 40.5 Å². The lowest BCUT2D eigenvalue weighted by Crippen LogP contribution is -2.71. The molecule has 1 fully saturated rings. The van der Waals surface area contributed by atoms with Crippen molar-refractivity contribution in [1.29, 1.82) is 0 Å². The van der Waals surface area contributed by atoms with Gasteiger partial charge in [-0.2, -0.15) is 0 Å². The molecule has 2 aliphatic rings. The van der Waals surface area contributed by atoms with Crippen LogP contribution in [0.1, 0.15) is 63.0 Å². The van der Waals surface area contributed by atoms with E-state index in [0.717, 1.165) is 27.8 Å². The zero-order valence-electron chi connectivity index (χ0n) is 37.7. The number of benzene rings is 5. The maximum absolute atomic E-state index is 14.7. The third kappa shape index (κ3) is 10.0. The van der Waals surface area contributed by atoms with E-state index in [0.29, 0.717) is 25.6 Å². The number of hydrogen-bond donors (Lipinski definition) is 3. The van der Waals surface area contributed by atoms with E-state index in [-0.39, 0.29) is 41.7 Å². The number of esters is 1. The molecular formula is C52H44N8O6S4. The maximum Gasteiger partial charge on any atom is 0.356 e. The molecule has 9 rings (SSSR count). The molecule has 14 nitrogen and oxygen atoms in total. The minimum atomic E-state index is -1.05. The Labute approximate surface area is 421 Å². The van der Waals surface area contributed by atoms with Gasteiger partial charge in [-0.3, -0.25) is 19.3 Å². The summed E-state index contributed by atoms with van der Waals surface area (Å²) >= 11 is 9.76. The molecule has 0 aliphatic carbocycles. The molecule has 70 heavy (non-hydrogen) atoms. The smallest absolute Gasteiger partial charge is 0.356 e. The van der Waals surface area contributed by atoms with Gasteiger partial charge in [0.05, 0.1) is 11.4 Å². The molecule has 2 aromatic heterocycles. The van der Waals surface area contributed by atoms with Gasteiger partial charge in [0.2, 0.25) is 5.91 Å². The van der Waals surface area contributed by atoms with E-state index in [1.54, 1.807) is 5.38 Å². The molecule has 2 unspecified atom stereocenters. The summed E-state index contributed by atoms with van der Waals surface area (Å²) in [6.07, 6.45) is -0.708. The topological polar surface area (TPSA) is 177 Å². The summed E-state index contributed by atoms with van der Waals surface area (Å²) in [5.41, 5.74) is 4.16. The highest BCUT2D eigenvalue weighted by Gasteiger charge is 2.55. The number of thioether (sulfide) groups is 1. The summed E-state index contributed by atoms with van der Waals surface area (Å²) < 4.78 is 6.36. The van der Waals surface area contributed by atoms with Crippen LogP contribution in [-0.2, 0) is 40.8 Å². The van der Waals surface area contributed by atoms with Crippen LogP contribution in [0.15, 0.2) is 173 Å². The molecule has 2 aliphatic heterocycles. The molecule has 0 radical (unpaired) electrons. The van der Waals surface area contributed by atoms with Crippen molar-refractivity contribution in [3.63, 3.8) is 0 Å². The number of carbonyl (C=O) groups is 4. The minimum Gasteiger partial charge on any atom is -0.448 e. The number of thiocarbonyl (C=S) groups is 1. The second-order valence-electron chi connectivity index (χ2n) is 16.1. The van der Waals surface area contributed by atoms with Gasteiger partial charge in [0.25, 0.3) is 11.8 Å². The molecule has 3 N–H and O–H groups in total. The Morgan fingerprint density at radius 1 is 0.829 bits per heavy atom. The van der Waals surface area contributed by atoms with E-state index in [1.807, 2.05) is 115 Å². The van der Waals surface area contributed by atoms with E-state index in [9.17, 15) is 19.2 Å². The first-order valence-electron chi connectivity index (χ1n) is 22.0. The molecule has 18 heteroatoms. The zero-order valence-corrected chi connectivity index (χ0v) is 40.9.